The van der Waals surface area contributed by atoms with Crippen LogP contribution in [0.15, 0.2) is 47.4 Å². The van der Waals surface area contributed by atoms with E-state index in [9.17, 15) is 22.4 Å². The topological polar surface area (TPSA) is 103 Å². The van der Waals surface area contributed by atoms with E-state index in [1.807, 2.05) is 6.07 Å². The summed E-state index contributed by atoms with van der Waals surface area (Å²) in [5.74, 6) is 3.70. The van der Waals surface area contributed by atoms with E-state index in [1.165, 1.54) is 37.1 Å². The maximum atomic E-state index is 16.2. The summed E-state index contributed by atoms with van der Waals surface area (Å²) in [4.78, 5) is 31.7. The van der Waals surface area contributed by atoms with Crippen molar-refractivity contribution in [1.82, 2.24) is 20.0 Å². The molecule has 4 heterocycles. The molecule has 2 aromatic rings. The molecule has 292 valence electrons. The van der Waals surface area contributed by atoms with Crippen LogP contribution in [0.1, 0.15) is 51.0 Å². The number of nitrogens with zero attached hydrogens (tertiary/aromatic N) is 4. The van der Waals surface area contributed by atoms with Crippen molar-refractivity contribution < 1.29 is 35.9 Å². The van der Waals surface area contributed by atoms with Crippen molar-refractivity contribution >= 4 is 27.5 Å². The van der Waals surface area contributed by atoms with Gasteiger partial charge in [0.1, 0.15) is 16.9 Å². The highest BCUT2D eigenvalue weighted by molar-refractivity contribution is 7.92. The van der Waals surface area contributed by atoms with Gasteiger partial charge in [0.05, 0.1) is 30.8 Å². The molecule has 5 aliphatic rings. The number of anilines is 1. The summed E-state index contributed by atoms with van der Waals surface area (Å²) < 4.78 is 77.8. The molecular formula is C40H50F3N5O5S. The van der Waals surface area contributed by atoms with Gasteiger partial charge < -0.3 is 24.8 Å². The Labute approximate surface area is 316 Å². The van der Waals surface area contributed by atoms with Crippen LogP contribution in [0.3, 0.4) is 0 Å². The maximum Gasteiger partial charge on any atom is 0.407 e. The average Bonchev–Trinajstić information content (AvgIpc) is 3.55. The second kappa shape index (κ2) is 15.4. The molecule has 54 heavy (non-hydrogen) atoms. The number of sulfone groups is 1. The van der Waals surface area contributed by atoms with Crippen molar-refractivity contribution in [3.05, 3.63) is 59.7 Å². The highest BCUT2D eigenvalue weighted by Crippen LogP contribution is 2.52. The molecule has 7 rings (SSSR count). The Kier molecular flexibility index (Phi) is 11.0. The van der Waals surface area contributed by atoms with E-state index in [1.54, 1.807) is 17.0 Å². The molecule has 3 atom stereocenters. The Morgan fingerprint density at radius 3 is 2.35 bits per heavy atom. The van der Waals surface area contributed by atoms with E-state index >= 15 is 8.78 Å². The van der Waals surface area contributed by atoms with E-state index < -0.39 is 44.0 Å². The van der Waals surface area contributed by atoms with Crippen molar-refractivity contribution in [1.29, 1.82) is 0 Å². The summed E-state index contributed by atoms with van der Waals surface area (Å²) >= 11 is 0. The quantitative estimate of drug-likeness (QED) is 0.337. The molecule has 0 unspecified atom stereocenters. The number of rotatable bonds is 11. The van der Waals surface area contributed by atoms with E-state index in [4.69, 9.17) is 4.74 Å². The fourth-order valence-electron chi connectivity index (χ4n) is 9.75. The van der Waals surface area contributed by atoms with Gasteiger partial charge in [-0.15, -0.1) is 0 Å². The highest BCUT2D eigenvalue weighted by Gasteiger charge is 2.54. The number of piperidine rings is 1. The van der Waals surface area contributed by atoms with E-state index in [0.29, 0.717) is 13.1 Å². The van der Waals surface area contributed by atoms with Crippen LogP contribution in [-0.2, 0) is 24.8 Å². The second-order valence-corrected chi connectivity index (χ2v) is 18.1. The number of halogens is 3. The summed E-state index contributed by atoms with van der Waals surface area (Å²) in [5.41, 5.74) is -0.873. The van der Waals surface area contributed by atoms with Crippen LogP contribution in [0.4, 0.5) is 23.7 Å². The number of hydrogen-bond donors (Lipinski definition) is 1. The van der Waals surface area contributed by atoms with Gasteiger partial charge in [0, 0.05) is 37.6 Å². The molecule has 14 heteroatoms. The fourth-order valence-corrected chi connectivity index (χ4v) is 11.4. The molecule has 1 N–H and O–H groups in total. The molecule has 1 saturated carbocycles. The molecule has 0 bridgehead atoms. The molecule has 5 fully saturated rings. The maximum absolute atomic E-state index is 16.2. The fraction of sp³-hybridized carbons (Fsp3) is 0.600. The summed E-state index contributed by atoms with van der Waals surface area (Å²) in [7, 11) is -2.49. The lowest BCUT2D eigenvalue weighted by atomic mass is 9.57. The van der Waals surface area contributed by atoms with Gasteiger partial charge in [-0.25, -0.2) is 26.4 Å². The van der Waals surface area contributed by atoms with Crippen molar-refractivity contribution in [2.75, 3.05) is 77.5 Å². The number of hydrogen-bond acceptors (Lipinski definition) is 8. The predicted octanol–water partition coefficient (Wildman–Crippen LogP) is 4.38. The van der Waals surface area contributed by atoms with Gasteiger partial charge in [-0.3, -0.25) is 9.69 Å². The lowest BCUT2D eigenvalue weighted by Gasteiger charge is -2.54. The molecule has 10 nitrogen and oxygen atoms in total. The lowest BCUT2D eigenvalue weighted by molar-refractivity contribution is -0.128. The molecule has 4 aliphatic heterocycles. The van der Waals surface area contributed by atoms with Crippen LogP contribution in [0.5, 0.6) is 0 Å². The number of benzene rings is 2. The Morgan fingerprint density at radius 2 is 1.72 bits per heavy atom. The number of carbonyl (C=O) groups is 2. The smallest absolute Gasteiger partial charge is 0.407 e. The Hall–Kier alpha value is -3.80. The van der Waals surface area contributed by atoms with Gasteiger partial charge in [-0.1, -0.05) is 24.5 Å². The number of nitrogens with one attached hydrogen (secondary N) is 1. The van der Waals surface area contributed by atoms with Gasteiger partial charge in [0.2, 0.25) is 0 Å². The van der Waals surface area contributed by atoms with Gasteiger partial charge in [-0.2, -0.15) is 0 Å². The van der Waals surface area contributed by atoms with Crippen LogP contribution in [0.2, 0.25) is 0 Å². The minimum atomic E-state index is -3.86. The summed E-state index contributed by atoms with van der Waals surface area (Å²) in [6.45, 7) is 5.75. The van der Waals surface area contributed by atoms with Crippen molar-refractivity contribution in [2.24, 2.45) is 11.8 Å². The second-order valence-electron chi connectivity index (χ2n) is 15.9. The normalized spacial score (nSPS) is 24.7. The van der Waals surface area contributed by atoms with E-state index in [0.717, 1.165) is 69.8 Å². The third-order valence-electron chi connectivity index (χ3n) is 12.6. The molecule has 0 aromatic heterocycles. The molecule has 0 radical (unpaired) electrons. The van der Waals surface area contributed by atoms with E-state index in [-0.39, 0.29) is 67.0 Å². The number of amides is 2. The Morgan fingerprint density at radius 1 is 0.981 bits per heavy atom. The highest BCUT2D eigenvalue weighted by atomic mass is 32.2. The van der Waals surface area contributed by atoms with E-state index in [2.05, 4.69) is 27.0 Å². The predicted molar refractivity (Wildman–Crippen MR) is 198 cm³/mol. The number of alkyl carbamates (subject to hydrolysis) is 1. The van der Waals surface area contributed by atoms with Gasteiger partial charge >= 0.3 is 6.09 Å². The Bertz CT molecular complexity index is 1900. The summed E-state index contributed by atoms with van der Waals surface area (Å²) in [6.07, 6.45) is 4.91. The first kappa shape index (κ1) is 38.5. The molecule has 2 amide bonds. The molecule has 1 aliphatic carbocycles. The number of methoxy groups -OCH3 is 1. The minimum absolute atomic E-state index is 0.00486. The monoisotopic (exact) mass is 769 g/mol. The first-order valence-corrected chi connectivity index (χ1v) is 20.6. The zero-order chi connectivity index (χ0) is 38.3. The minimum Gasteiger partial charge on any atom is -0.453 e. The number of carbonyl (C=O) groups excluding carboxylic acids is 2. The lowest BCUT2D eigenvalue weighted by Crippen LogP contribution is -2.65. The summed E-state index contributed by atoms with van der Waals surface area (Å²) in [6, 6.07) is 10.6. The number of likely N-dealkylation sites (tertiary alicyclic amines) is 3. The summed E-state index contributed by atoms with van der Waals surface area (Å²) in [5, 5.41) is 2.28. The van der Waals surface area contributed by atoms with Crippen molar-refractivity contribution in [3.63, 3.8) is 0 Å². The van der Waals surface area contributed by atoms with Crippen LogP contribution in [0.25, 0.3) is 0 Å². The van der Waals surface area contributed by atoms with Crippen LogP contribution >= 0.6 is 0 Å². The average molecular weight is 770 g/mol. The molecule has 4 saturated heterocycles. The third kappa shape index (κ3) is 7.43. The first-order valence-electron chi connectivity index (χ1n) is 19.1. The Balaban J connectivity index is 1.01. The third-order valence-corrected chi connectivity index (χ3v) is 14.7. The molecule has 0 spiro atoms. The van der Waals surface area contributed by atoms with Crippen LogP contribution in [0, 0.1) is 35.3 Å². The zero-order valence-corrected chi connectivity index (χ0v) is 31.9. The largest absolute Gasteiger partial charge is 0.453 e. The molecule has 2 aromatic carbocycles. The van der Waals surface area contributed by atoms with Crippen molar-refractivity contribution in [2.45, 2.75) is 72.7 Å². The standard InChI is InChI=1S/C40H50F3N5O5S/c1-3-7-37(49)47-22-32(23-47)54(51,52)31-12-13-36(34(42)21-31)48-25-39(43,26-48)24-46-18-14-28(15-19-46)40(27-45-16-6-17-45,29-8-4-9-30(41)20-29)33-10-5-11-35(33)44-38(50)53-2/h4,8-9,12-13,20-21,28,32-33,35H,5-6,10-11,14-19,22-27H2,1-2H3,(H,44,50)/t33-,35-,40-/m0/s1. The number of ether oxygens (including phenoxy) is 1. The van der Waals surface area contributed by atoms with Crippen LogP contribution < -0.4 is 10.2 Å². The van der Waals surface area contributed by atoms with Crippen molar-refractivity contribution in [3.8, 4) is 11.8 Å². The first-order chi connectivity index (χ1) is 25.8. The van der Waals surface area contributed by atoms with Gasteiger partial charge in [0.25, 0.3) is 5.91 Å². The van der Waals surface area contributed by atoms with Gasteiger partial charge in [0.15, 0.2) is 15.5 Å². The SMILES string of the molecule is CC#CC(=O)N1CC(S(=O)(=O)c2ccc(N3CC(F)(CN4CCC([C@@](CN5CCC5)(c5cccc(F)c5)[C@H]5CCC[C@@H]5NC(=O)OC)CC4)C3)c(F)c2)C1. The molecular weight excluding hydrogens is 720 g/mol. The zero-order valence-electron chi connectivity index (χ0n) is 31.0. The number of alkyl halides is 1. The van der Waals surface area contributed by atoms with Crippen LogP contribution in [-0.4, -0.2) is 125 Å². The van der Waals surface area contributed by atoms with Gasteiger partial charge in [-0.05, 0) is 119 Å².